The smallest absolute Gasteiger partial charge is 0.267 e. The highest BCUT2D eigenvalue weighted by Gasteiger charge is 2.24. The fourth-order valence-electron chi connectivity index (χ4n) is 3.92. The van der Waals surface area contributed by atoms with Crippen LogP contribution in [0.4, 0.5) is 0 Å². The topological polar surface area (TPSA) is 57.0 Å². The quantitative estimate of drug-likeness (QED) is 0.298. The number of para-hydroxylation sites is 2. The van der Waals surface area contributed by atoms with Gasteiger partial charge in [-0.05, 0) is 50.3 Å². The van der Waals surface area contributed by atoms with Crippen molar-refractivity contribution in [2.24, 2.45) is 0 Å². The second-order valence-electron chi connectivity index (χ2n) is 7.24. The van der Waals surface area contributed by atoms with E-state index in [-0.39, 0.29) is 5.56 Å². The summed E-state index contributed by atoms with van der Waals surface area (Å²) in [5.74, 6) is 1.33. The molecular weight excluding hydrogens is 434 g/mol. The van der Waals surface area contributed by atoms with Gasteiger partial charge in [-0.3, -0.25) is 9.36 Å². The van der Waals surface area contributed by atoms with Crippen LogP contribution < -0.4 is 10.3 Å². The Bertz CT molecular complexity index is 1290. The van der Waals surface area contributed by atoms with Gasteiger partial charge >= 0.3 is 0 Å². The molecule has 0 aliphatic heterocycles. The molecule has 0 bridgehead atoms. The summed E-state index contributed by atoms with van der Waals surface area (Å²) in [6, 6.07) is 7.64. The molecule has 1 aromatic carbocycles. The van der Waals surface area contributed by atoms with Crippen LogP contribution in [-0.4, -0.2) is 21.6 Å². The number of rotatable bonds is 5. The molecule has 4 aromatic rings. The summed E-state index contributed by atoms with van der Waals surface area (Å²) in [5, 5.41) is 4.58. The molecular formula is C22H21N3O2S3. The van der Waals surface area contributed by atoms with Crippen molar-refractivity contribution in [3.8, 4) is 11.4 Å². The summed E-state index contributed by atoms with van der Waals surface area (Å²) in [6.07, 6.45) is 4.33. The van der Waals surface area contributed by atoms with E-state index in [1.54, 1.807) is 46.1 Å². The first-order chi connectivity index (χ1) is 14.7. The molecule has 1 aliphatic rings. The lowest BCUT2D eigenvalue weighted by atomic mass is 9.97. The van der Waals surface area contributed by atoms with Gasteiger partial charge in [0.15, 0.2) is 5.16 Å². The third-order valence-electron chi connectivity index (χ3n) is 5.30. The van der Waals surface area contributed by atoms with Crippen LogP contribution >= 0.6 is 34.4 Å². The molecule has 1 aliphatic carbocycles. The van der Waals surface area contributed by atoms with E-state index in [2.05, 4.69) is 10.4 Å². The lowest BCUT2D eigenvalue weighted by Gasteiger charge is -2.15. The molecule has 0 atom stereocenters. The molecule has 0 saturated heterocycles. The average Bonchev–Trinajstić information content (AvgIpc) is 3.35. The van der Waals surface area contributed by atoms with Crippen LogP contribution in [0.25, 0.3) is 15.9 Å². The predicted molar refractivity (Wildman–Crippen MR) is 125 cm³/mol. The summed E-state index contributed by atoms with van der Waals surface area (Å²) in [6.45, 7) is 2.00. The minimum absolute atomic E-state index is 0.000795. The van der Waals surface area contributed by atoms with Gasteiger partial charge in [-0.2, -0.15) is 0 Å². The molecule has 5 rings (SSSR count). The Hall–Kier alpha value is -2.16. The van der Waals surface area contributed by atoms with E-state index in [1.807, 2.05) is 31.2 Å². The van der Waals surface area contributed by atoms with Crippen LogP contribution in [0.2, 0.25) is 0 Å². The maximum atomic E-state index is 13.8. The summed E-state index contributed by atoms with van der Waals surface area (Å²) in [7, 11) is 1.63. The van der Waals surface area contributed by atoms with Crippen molar-refractivity contribution in [1.82, 2.24) is 14.5 Å². The van der Waals surface area contributed by atoms with Crippen molar-refractivity contribution >= 4 is 44.7 Å². The molecule has 0 fully saturated rings. The molecule has 0 radical (unpaired) electrons. The standard InChI is InChI=1S/C22H21N3O2S3/c1-13-23-14(11-28-13)12-29-22-24-20-19(15-7-3-6-10-18(15)30-20)21(26)25(22)16-8-4-5-9-17(16)27-2/h4-5,8-9,11H,3,6-7,10,12H2,1-2H3. The highest BCUT2D eigenvalue weighted by molar-refractivity contribution is 7.98. The van der Waals surface area contributed by atoms with Gasteiger partial charge in [-0.15, -0.1) is 22.7 Å². The molecule has 30 heavy (non-hydrogen) atoms. The molecule has 0 saturated carbocycles. The molecule has 0 amide bonds. The number of thiazole rings is 1. The number of ether oxygens (including phenoxy) is 1. The number of hydrogen-bond acceptors (Lipinski definition) is 7. The normalized spacial score (nSPS) is 13.5. The van der Waals surface area contributed by atoms with E-state index in [0.29, 0.717) is 16.7 Å². The summed E-state index contributed by atoms with van der Waals surface area (Å²) < 4.78 is 7.31. The summed E-state index contributed by atoms with van der Waals surface area (Å²) in [4.78, 5) is 25.5. The van der Waals surface area contributed by atoms with Crippen LogP contribution in [0.5, 0.6) is 5.75 Å². The van der Waals surface area contributed by atoms with Gasteiger partial charge in [-0.25, -0.2) is 9.97 Å². The zero-order valence-corrected chi connectivity index (χ0v) is 19.3. The molecule has 3 aromatic heterocycles. The van der Waals surface area contributed by atoms with Crippen LogP contribution in [0.1, 0.15) is 34.0 Å². The van der Waals surface area contributed by atoms with Gasteiger partial charge in [0.05, 0.1) is 28.9 Å². The Kier molecular flexibility index (Phi) is 5.39. The van der Waals surface area contributed by atoms with Crippen LogP contribution in [0, 0.1) is 6.92 Å². The average molecular weight is 456 g/mol. The number of hydrogen-bond donors (Lipinski definition) is 0. The van der Waals surface area contributed by atoms with Gasteiger partial charge in [0.25, 0.3) is 5.56 Å². The third-order valence-corrected chi connectivity index (χ3v) is 8.28. The van der Waals surface area contributed by atoms with E-state index in [4.69, 9.17) is 9.72 Å². The zero-order chi connectivity index (χ0) is 20.7. The first-order valence-electron chi connectivity index (χ1n) is 9.90. The lowest BCUT2D eigenvalue weighted by Crippen LogP contribution is -2.22. The molecule has 0 spiro atoms. The SMILES string of the molecule is COc1ccccc1-n1c(SCc2csc(C)n2)nc2sc3c(c2c1=O)CCCC3. The van der Waals surface area contributed by atoms with Crippen LogP contribution in [-0.2, 0) is 18.6 Å². The largest absolute Gasteiger partial charge is 0.495 e. The summed E-state index contributed by atoms with van der Waals surface area (Å²) in [5.41, 5.74) is 2.94. The predicted octanol–water partition coefficient (Wildman–Crippen LogP) is 5.39. The Labute approximate surface area is 186 Å². The minimum Gasteiger partial charge on any atom is -0.495 e. The number of aryl methyl sites for hydroxylation is 3. The first kappa shape index (κ1) is 19.8. The monoisotopic (exact) mass is 455 g/mol. The maximum Gasteiger partial charge on any atom is 0.267 e. The number of fused-ring (bicyclic) bond motifs is 3. The molecule has 0 N–H and O–H groups in total. The fourth-order valence-corrected chi connectivity index (χ4v) is 6.84. The zero-order valence-electron chi connectivity index (χ0n) is 16.8. The number of benzene rings is 1. The third kappa shape index (κ3) is 3.46. The van der Waals surface area contributed by atoms with Crippen molar-refractivity contribution < 1.29 is 4.74 Å². The van der Waals surface area contributed by atoms with Gasteiger partial charge in [0.1, 0.15) is 10.6 Å². The van der Waals surface area contributed by atoms with Gasteiger partial charge in [0.2, 0.25) is 0 Å². The number of thioether (sulfide) groups is 1. The maximum absolute atomic E-state index is 13.8. The Morgan fingerprint density at radius 1 is 1.20 bits per heavy atom. The van der Waals surface area contributed by atoms with E-state index < -0.39 is 0 Å². The highest BCUT2D eigenvalue weighted by atomic mass is 32.2. The molecule has 8 heteroatoms. The van der Waals surface area contributed by atoms with Crippen molar-refractivity contribution in [2.75, 3.05) is 7.11 Å². The van der Waals surface area contributed by atoms with E-state index in [0.717, 1.165) is 45.9 Å². The van der Waals surface area contributed by atoms with E-state index >= 15 is 0 Å². The second kappa shape index (κ2) is 8.17. The summed E-state index contributed by atoms with van der Waals surface area (Å²) >= 11 is 4.87. The van der Waals surface area contributed by atoms with E-state index in [1.165, 1.54) is 16.9 Å². The number of aromatic nitrogens is 3. The number of methoxy groups -OCH3 is 1. The molecule has 0 unspecified atom stereocenters. The Morgan fingerprint density at radius 2 is 2.03 bits per heavy atom. The first-order valence-corrected chi connectivity index (χ1v) is 12.6. The van der Waals surface area contributed by atoms with Crippen LogP contribution in [0.15, 0.2) is 39.6 Å². The molecule has 3 heterocycles. The van der Waals surface area contributed by atoms with E-state index in [9.17, 15) is 4.79 Å². The molecule has 5 nitrogen and oxygen atoms in total. The minimum atomic E-state index is 0.000795. The lowest BCUT2D eigenvalue weighted by molar-refractivity contribution is 0.411. The molecule has 154 valence electrons. The van der Waals surface area contributed by atoms with Crippen molar-refractivity contribution in [3.63, 3.8) is 0 Å². The Balaban J connectivity index is 1.71. The highest BCUT2D eigenvalue weighted by Crippen LogP contribution is 2.36. The van der Waals surface area contributed by atoms with Crippen molar-refractivity contribution in [2.45, 2.75) is 43.5 Å². The van der Waals surface area contributed by atoms with Gasteiger partial charge < -0.3 is 4.74 Å². The number of thiophene rings is 1. The van der Waals surface area contributed by atoms with Gasteiger partial charge in [-0.1, -0.05) is 23.9 Å². The number of nitrogens with zero attached hydrogens (tertiary/aromatic N) is 3. The van der Waals surface area contributed by atoms with Crippen LogP contribution in [0.3, 0.4) is 0 Å². The van der Waals surface area contributed by atoms with Crippen molar-refractivity contribution in [1.29, 1.82) is 0 Å². The van der Waals surface area contributed by atoms with Gasteiger partial charge in [0, 0.05) is 16.0 Å². The van der Waals surface area contributed by atoms with Crippen molar-refractivity contribution in [3.05, 3.63) is 61.1 Å². The second-order valence-corrected chi connectivity index (χ2v) is 10.3. The Morgan fingerprint density at radius 3 is 2.83 bits per heavy atom. The fraction of sp³-hybridized carbons (Fsp3) is 0.318.